The summed E-state index contributed by atoms with van der Waals surface area (Å²) in [6.07, 6.45) is 5.43. The number of methoxy groups -OCH3 is 1. The molecule has 1 aromatic rings. The Morgan fingerprint density at radius 2 is 2.17 bits per heavy atom. The maximum Gasteiger partial charge on any atom is 0.123 e. The summed E-state index contributed by atoms with van der Waals surface area (Å²) < 4.78 is 6.49. The summed E-state index contributed by atoms with van der Waals surface area (Å²) in [5.41, 5.74) is 1.83. The van der Waals surface area contributed by atoms with Crippen molar-refractivity contribution in [2.45, 2.75) is 39.2 Å². The van der Waals surface area contributed by atoms with E-state index in [0.29, 0.717) is 5.41 Å². The van der Waals surface area contributed by atoms with Gasteiger partial charge in [-0.25, -0.2) is 0 Å². The van der Waals surface area contributed by atoms with Gasteiger partial charge in [0.1, 0.15) is 5.75 Å². The Balaban J connectivity index is 1.88. The van der Waals surface area contributed by atoms with Crippen LogP contribution in [-0.2, 0) is 6.54 Å². The molecular formula is C15H22BrNO. The molecule has 1 fully saturated rings. The molecule has 1 N–H and O–H groups in total. The molecule has 0 bridgehead atoms. The Morgan fingerprint density at radius 3 is 2.78 bits per heavy atom. The number of hydrogen-bond acceptors (Lipinski definition) is 2. The fraction of sp³-hybridized carbons (Fsp3) is 0.600. The van der Waals surface area contributed by atoms with Crippen LogP contribution in [0.2, 0.25) is 0 Å². The third-order valence-corrected chi connectivity index (χ3v) is 4.29. The lowest BCUT2D eigenvalue weighted by Gasteiger charge is -2.16. The predicted octanol–water partition coefficient (Wildman–Crippen LogP) is 4.13. The summed E-state index contributed by atoms with van der Waals surface area (Å²) in [6.45, 7) is 4.29. The van der Waals surface area contributed by atoms with Crippen molar-refractivity contribution in [1.82, 2.24) is 5.32 Å². The zero-order chi connectivity index (χ0) is 13.0. The van der Waals surface area contributed by atoms with Crippen LogP contribution in [0.15, 0.2) is 22.7 Å². The van der Waals surface area contributed by atoms with Crippen LogP contribution in [0.25, 0.3) is 0 Å². The lowest BCUT2D eigenvalue weighted by molar-refractivity contribution is 0.397. The zero-order valence-corrected chi connectivity index (χ0v) is 12.8. The van der Waals surface area contributed by atoms with E-state index in [9.17, 15) is 0 Å². The molecule has 0 unspecified atom stereocenters. The van der Waals surface area contributed by atoms with E-state index in [2.05, 4.69) is 34.2 Å². The van der Waals surface area contributed by atoms with Crippen molar-refractivity contribution in [3.63, 3.8) is 0 Å². The van der Waals surface area contributed by atoms with Gasteiger partial charge in [-0.05, 0) is 42.9 Å². The second kappa shape index (κ2) is 6.07. The van der Waals surface area contributed by atoms with E-state index in [1.165, 1.54) is 31.2 Å². The molecule has 0 aromatic heterocycles. The molecule has 2 nitrogen and oxygen atoms in total. The second-order valence-corrected chi connectivity index (χ2v) is 6.23. The number of benzene rings is 1. The lowest BCUT2D eigenvalue weighted by atomic mass is 10.0. The van der Waals surface area contributed by atoms with E-state index >= 15 is 0 Å². The van der Waals surface area contributed by atoms with Gasteiger partial charge in [-0.1, -0.05) is 29.3 Å². The van der Waals surface area contributed by atoms with Crippen LogP contribution in [0.4, 0.5) is 0 Å². The molecule has 100 valence electrons. The van der Waals surface area contributed by atoms with Crippen LogP contribution in [0.3, 0.4) is 0 Å². The highest BCUT2D eigenvalue weighted by Crippen LogP contribution is 2.48. The van der Waals surface area contributed by atoms with Gasteiger partial charge in [0, 0.05) is 23.1 Å². The average molecular weight is 312 g/mol. The van der Waals surface area contributed by atoms with E-state index < -0.39 is 0 Å². The SMILES string of the molecule is CCCC1(CNCc2cc(Br)ccc2OC)CC1. The average Bonchev–Trinajstić information content (AvgIpc) is 3.10. The molecule has 0 heterocycles. The number of hydrogen-bond donors (Lipinski definition) is 1. The van der Waals surface area contributed by atoms with Gasteiger partial charge in [-0.15, -0.1) is 0 Å². The minimum absolute atomic E-state index is 0.605. The lowest BCUT2D eigenvalue weighted by Crippen LogP contribution is -2.23. The van der Waals surface area contributed by atoms with Gasteiger partial charge < -0.3 is 10.1 Å². The molecule has 0 radical (unpaired) electrons. The van der Waals surface area contributed by atoms with Crippen LogP contribution in [0.5, 0.6) is 5.75 Å². The van der Waals surface area contributed by atoms with Gasteiger partial charge >= 0.3 is 0 Å². The van der Waals surface area contributed by atoms with Crippen LogP contribution in [0, 0.1) is 5.41 Å². The van der Waals surface area contributed by atoms with E-state index in [1.54, 1.807) is 7.11 Å². The first-order chi connectivity index (χ1) is 8.69. The molecule has 3 heteroatoms. The minimum atomic E-state index is 0.605. The largest absolute Gasteiger partial charge is 0.496 e. The van der Waals surface area contributed by atoms with Crippen molar-refractivity contribution in [2.24, 2.45) is 5.41 Å². The van der Waals surface area contributed by atoms with Gasteiger partial charge in [-0.2, -0.15) is 0 Å². The van der Waals surface area contributed by atoms with E-state index in [-0.39, 0.29) is 0 Å². The van der Waals surface area contributed by atoms with Crippen LogP contribution in [-0.4, -0.2) is 13.7 Å². The second-order valence-electron chi connectivity index (χ2n) is 5.31. The van der Waals surface area contributed by atoms with Crippen molar-refractivity contribution < 1.29 is 4.74 Å². The Hall–Kier alpha value is -0.540. The molecule has 1 saturated carbocycles. The molecule has 0 spiro atoms. The smallest absolute Gasteiger partial charge is 0.123 e. The fourth-order valence-corrected chi connectivity index (χ4v) is 2.98. The standard InChI is InChI=1S/C15H22BrNO/c1-3-6-15(7-8-15)11-17-10-12-9-13(16)4-5-14(12)18-2/h4-5,9,17H,3,6-8,10-11H2,1-2H3. The topological polar surface area (TPSA) is 21.3 Å². The highest BCUT2D eigenvalue weighted by molar-refractivity contribution is 9.10. The van der Waals surface area contributed by atoms with Crippen molar-refractivity contribution >= 4 is 15.9 Å². The van der Waals surface area contributed by atoms with Gasteiger partial charge in [-0.3, -0.25) is 0 Å². The first kappa shape index (κ1) is 13.9. The Morgan fingerprint density at radius 1 is 1.39 bits per heavy atom. The highest BCUT2D eigenvalue weighted by atomic mass is 79.9. The number of nitrogens with one attached hydrogen (secondary N) is 1. The molecular weight excluding hydrogens is 290 g/mol. The summed E-state index contributed by atoms with van der Waals surface area (Å²) in [4.78, 5) is 0. The molecule has 0 saturated heterocycles. The van der Waals surface area contributed by atoms with E-state index in [4.69, 9.17) is 4.74 Å². The van der Waals surface area contributed by atoms with Crippen molar-refractivity contribution in [1.29, 1.82) is 0 Å². The van der Waals surface area contributed by atoms with Gasteiger partial charge in [0.05, 0.1) is 7.11 Å². The van der Waals surface area contributed by atoms with Crippen LogP contribution < -0.4 is 10.1 Å². The van der Waals surface area contributed by atoms with Crippen LogP contribution >= 0.6 is 15.9 Å². The Bertz CT molecular complexity index is 401. The summed E-state index contributed by atoms with van der Waals surface area (Å²) in [5.74, 6) is 0.964. The summed E-state index contributed by atoms with van der Waals surface area (Å²) in [6, 6.07) is 6.16. The van der Waals surface area contributed by atoms with Gasteiger partial charge in [0.2, 0.25) is 0 Å². The number of halogens is 1. The van der Waals surface area contributed by atoms with E-state index in [0.717, 1.165) is 23.3 Å². The first-order valence-corrected chi connectivity index (χ1v) is 7.51. The fourth-order valence-electron chi connectivity index (χ4n) is 2.57. The maximum atomic E-state index is 5.39. The normalized spacial score (nSPS) is 16.6. The Kier molecular flexibility index (Phi) is 4.68. The molecule has 2 rings (SSSR count). The number of rotatable bonds is 7. The molecule has 1 aliphatic carbocycles. The van der Waals surface area contributed by atoms with Crippen molar-refractivity contribution in [3.05, 3.63) is 28.2 Å². The third kappa shape index (κ3) is 3.48. The highest BCUT2D eigenvalue weighted by Gasteiger charge is 2.40. The first-order valence-electron chi connectivity index (χ1n) is 6.72. The summed E-state index contributed by atoms with van der Waals surface area (Å²) in [5, 5.41) is 3.59. The Labute approximate surface area is 118 Å². The minimum Gasteiger partial charge on any atom is -0.496 e. The third-order valence-electron chi connectivity index (χ3n) is 3.80. The molecule has 1 aliphatic rings. The predicted molar refractivity (Wildman–Crippen MR) is 79.0 cm³/mol. The zero-order valence-electron chi connectivity index (χ0n) is 11.3. The van der Waals surface area contributed by atoms with Gasteiger partial charge in [0.15, 0.2) is 0 Å². The molecule has 0 amide bonds. The quantitative estimate of drug-likeness (QED) is 0.817. The monoisotopic (exact) mass is 311 g/mol. The maximum absolute atomic E-state index is 5.39. The van der Waals surface area contributed by atoms with Crippen molar-refractivity contribution in [3.8, 4) is 5.75 Å². The number of ether oxygens (including phenoxy) is 1. The van der Waals surface area contributed by atoms with Gasteiger partial charge in [0.25, 0.3) is 0 Å². The van der Waals surface area contributed by atoms with Crippen molar-refractivity contribution in [2.75, 3.05) is 13.7 Å². The summed E-state index contributed by atoms with van der Waals surface area (Å²) >= 11 is 3.51. The van der Waals surface area contributed by atoms with E-state index in [1.807, 2.05) is 12.1 Å². The molecule has 18 heavy (non-hydrogen) atoms. The van der Waals surface area contributed by atoms with Crippen LogP contribution in [0.1, 0.15) is 38.2 Å². The molecule has 1 aromatic carbocycles. The summed E-state index contributed by atoms with van der Waals surface area (Å²) in [7, 11) is 1.73. The molecule has 0 aliphatic heterocycles. The molecule has 0 atom stereocenters.